The molecule has 0 saturated heterocycles. The Morgan fingerprint density at radius 2 is 2.08 bits per heavy atom. The Morgan fingerprint density at radius 3 is 2.80 bits per heavy atom. The number of aryl methyl sites for hydroxylation is 1. The predicted molar refractivity (Wildman–Crippen MR) is 99.6 cm³/mol. The normalized spacial score (nSPS) is 12.0. The molecule has 0 radical (unpaired) electrons. The fraction of sp³-hybridized carbons (Fsp3) is 0.263. The van der Waals surface area contributed by atoms with Crippen LogP contribution in [0.1, 0.15) is 25.0 Å². The minimum absolute atomic E-state index is 0.349. The van der Waals surface area contributed by atoms with E-state index in [9.17, 15) is 4.79 Å². The number of hydrogen-bond donors (Lipinski definition) is 1. The van der Waals surface area contributed by atoms with Crippen LogP contribution < -0.4 is 14.9 Å². The zero-order valence-corrected chi connectivity index (χ0v) is 15.2. The summed E-state index contributed by atoms with van der Waals surface area (Å²) < 4.78 is 11.1. The summed E-state index contributed by atoms with van der Waals surface area (Å²) in [4.78, 5) is 12.1. The van der Waals surface area contributed by atoms with Gasteiger partial charge < -0.3 is 9.47 Å². The van der Waals surface area contributed by atoms with Crippen molar-refractivity contribution in [1.29, 1.82) is 0 Å². The molecule has 0 fully saturated rings. The average molecular weight is 361 g/mol. The number of rotatable bonds is 7. The number of hydrogen-bond acceptors (Lipinski definition) is 4. The van der Waals surface area contributed by atoms with Crippen LogP contribution in [0.25, 0.3) is 0 Å². The van der Waals surface area contributed by atoms with E-state index in [0.717, 1.165) is 11.1 Å². The Bertz CT molecular complexity index is 762. The van der Waals surface area contributed by atoms with Crippen molar-refractivity contribution in [2.75, 3.05) is 6.61 Å². The van der Waals surface area contributed by atoms with Crippen LogP contribution >= 0.6 is 11.6 Å². The zero-order chi connectivity index (χ0) is 18.2. The SMILES string of the molecule is CCOc1ccccc1/C=N\NC(=O)[C@H](C)Oc1ccc(Cl)c(C)c1. The third-order valence-corrected chi connectivity index (χ3v) is 3.83. The smallest absolute Gasteiger partial charge is 0.280 e. The van der Waals surface area contributed by atoms with Gasteiger partial charge in [0.25, 0.3) is 5.91 Å². The first-order chi connectivity index (χ1) is 12.0. The minimum atomic E-state index is -0.695. The van der Waals surface area contributed by atoms with Crippen LogP contribution in [0.3, 0.4) is 0 Å². The lowest BCUT2D eigenvalue weighted by Gasteiger charge is -2.13. The van der Waals surface area contributed by atoms with Gasteiger partial charge in [0.2, 0.25) is 0 Å². The van der Waals surface area contributed by atoms with E-state index in [1.165, 1.54) is 0 Å². The molecule has 0 saturated carbocycles. The Balaban J connectivity index is 1.94. The van der Waals surface area contributed by atoms with Crippen molar-refractivity contribution < 1.29 is 14.3 Å². The lowest BCUT2D eigenvalue weighted by molar-refractivity contribution is -0.127. The predicted octanol–water partition coefficient (Wildman–Crippen LogP) is 3.96. The quantitative estimate of drug-likeness (QED) is 0.600. The molecule has 0 heterocycles. The van der Waals surface area contributed by atoms with E-state index >= 15 is 0 Å². The molecule has 0 unspecified atom stereocenters. The van der Waals surface area contributed by atoms with E-state index in [1.54, 1.807) is 31.3 Å². The van der Waals surface area contributed by atoms with Crippen molar-refractivity contribution in [3.8, 4) is 11.5 Å². The largest absolute Gasteiger partial charge is 0.493 e. The Morgan fingerprint density at radius 1 is 1.32 bits per heavy atom. The molecule has 1 amide bonds. The molecule has 0 spiro atoms. The fourth-order valence-corrected chi connectivity index (χ4v) is 2.20. The standard InChI is InChI=1S/C19H21ClN2O3/c1-4-24-18-8-6-5-7-15(18)12-21-22-19(23)14(3)25-16-9-10-17(20)13(2)11-16/h5-12,14H,4H2,1-3H3,(H,22,23)/b21-12-/t14-/m0/s1. The van der Waals surface area contributed by atoms with Crippen LogP contribution in [0, 0.1) is 6.92 Å². The molecule has 1 atom stereocenters. The van der Waals surface area contributed by atoms with Gasteiger partial charge in [-0.25, -0.2) is 5.43 Å². The van der Waals surface area contributed by atoms with Gasteiger partial charge in [-0.2, -0.15) is 5.10 Å². The first-order valence-electron chi connectivity index (χ1n) is 7.98. The topological polar surface area (TPSA) is 59.9 Å². The summed E-state index contributed by atoms with van der Waals surface area (Å²) >= 11 is 5.98. The van der Waals surface area contributed by atoms with Gasteiger partial charge in [0.1, 0.15) is 11.5 Å². The fourth-order valence-electron chi connectivity index (χ4n) is 2.08. The number of carbonyl (C=O) groups excluding carboxylic acids is 1. The highest BCUT2D eigenvalue weighted by molar-refractivity contribution is 6.31. The number of nitrogens with one attached hydrogen (secondary N) is 1. The van der Waals surface area contributed by atoms with E-state index in [2.05, 4.69) is 10.5 Å². The van der Waals surface area contributed by atoms with Gasteiger partial charge >= 0.3 is 0 Å². The number of benzene rings is 2. The van der Waals surface area contributed by atoms with Crippen LogP contribution in [0.15, 0.2) is 47.6 Å². The first-order valence-corrected chi connectivity index (χ1v) is 8.36. The number of halogens is 1. The number of nitrogens with zero attached hydrogens (tertiary/aromatic N) is 1. The minimum Gasteiger partial charge on any atom is -0.493 e. The van der Waals surface area contributed by atoms with E-state index in [1.807, 2.05) is 38.1 Å². The first kappa shape index (κ1) is 18.8. The zero-order valence-electron chi connectivity index (χ0n) is 14.5. The maximum Gasteiger partial charge on any atom is 0.280 e. The molecular weight excluding hydrogens is 340 g/mol. The van der Waals surface area contributed by atoms with Gasteiger partial charge in [0, 0.05) is 10.6 Å². The molecule has 2 aromatic carbocycles. The van der Waals surface area contributed by atoms with Crippen molar-refractivity contribution in [3.05, 3.63) is 58.6 Å². The Kier molecular flexibility index (Phi) is 6.83. The maximum absolute atomic E-state index is 12.1. The second-order valence-corrected chi connectivity index (χ2v) is 5.78. The Labute approximate surface area is 152 Å². The van der Waals surface area contributed by atoms with Crippen LogP contribution in [-0.4, -0.2) is 24.8 Å². The van der Waals surface area contributed by atoms with Crippen LogP contribution in [-0.2, 0) is 4.79 Å². The van der Waals surface area contributed by atoms with Crippen LogP contribution in [0.2, 0.25) is 5.02 Å². The van der Waals surface area contributed by atoms with E-state index in [0.29, 0.717) is 23.1 Å². The molecule has 0 aliphatic heterocycles. The molecule has 0 aromatic heterocycles. The summed E-state index contributed by atoms with van der Waals surface area (Å²) in [5, 5.41) is 4.63. The van der Waals surface area contributed by atoms with Gasteiger partial charge in [-0.05, 0) is 56.7 Å². The van der Waals surface area contributed by atoms with Gasteiger partial charge in [0.05, 0.1) is 12.8 Å². The van der Waals surface area contributed by atoms with Gasteiger partial charge in [-0.3, -0.25) is 4.79 Å². The van der Waals surface area contributed by atoms with Gasteiger partial charge in [-0.15, -0.1) is 0 Å². The number of ether oxygens (including phenoxy) is 2. The third kappa shape index (κ3) is 5.50. The maximum atomic E-state index is 12.1. The number of amides is 1. The summed E-state index contributed by atoms with van der Waals surface area (Å²) in [7, 11) is 0. The number of para-hydroxylation sites is 1. The molecule has 1 N–H and O–H groups in total. The van der Waals surface area contributed by atoms with Crippen LogP contribution in [0.5, 0.6) is 11.5 Å². The average Bonchev–Trinajstić information content (AvgIpc) is 2.59. The second kappa shape index (κ2) is 9.08. The third-order valence-electron chi connectivity index (χ3n) is 3.41. The highest BCUT2D eigenvalue weighted by atomic mass is 35.5. The molecule has 132 valence electrons. The van der Waals surface area contributed by atoms with E-state index in [-0.39, 0.29) is 5.91 Å². The molecule has 2 aromatic rings. The highest BCUT2D eigenvalue weighted by Gasteiger charge is 2.14. The molecule has 0 bridgehead atoms. The highest BCUT2D eigenvalue weighted by Crippen LogP contribution is 2.22. The monoisotopic (exact) mass is 360 g/mol. The molecule has 0 aliphatic rings. The molecule has 0 aliphatic carbocycles. The summed E-state index contributed by atoms with van der Waals surface area (Å²) in [6.07, 6.45) is 0.849. The summed E-state index contributed by atoms with van der Waals surface area (Å²) in [5.74, 6) is 0.942. The number of hydrazone groups is 1. The van der Waals surface area contributed by atoms with Crippen molar-refractivity contribution in [2.24, 2.45) is 5.10 Å². The second-order valence-electron chi connectivity index (χ2n) is 5.38. The van der Waals surface area contributed by atoms with Crippen molar-refractivity contribution >= 4 is 23.7 Å². The lowest BCUT2D eigenvalue weighted by atomic mass is 10.2. The van der Waals surface area contributed by atoms with Gasteiger partial charge in [-0.1, -0.05) is 23.7 Å². The summed E-state index contributed by atoms with van der Waals surface area (Å²) in [5.41, 5.74) is 4.14. The van der Waals surface area contributed by atoms with Crippen molar-refractivity contribution in [1.82, 2.24) is 5.43 Å². The van der Waals surface area contributed by atoms with E-state index < -0.39 is 6.10 Å². The molecule has 5 nitrogen and oxygen atoms in total. The lowest BCUT2D eigenvalue weighted by Crippen LogP contribution is -2.33. The molecule has 25 heavy (non-hydrogen) atoms. The summed E-state index contributed by atoms with van der Waals surface area (Å²) in [6.45, 7) is 6.00. The number of carbonyl (C=O) groups is 1. The van der Waals surface area contributed by atoms with E-state index in [4.69, 9.17) is 21.1 Å². The molecule has 6 heteroatoms. The summed E-state index contributed by atoms with van der Waals surface area (Å²) in [6, 6.07) is 12.7. The molecular formula is C19H21ClN2O3. The van der Waals surface area contributed by atoms with Crippen LogP contribution in [0.4, 0.5) is 0 Å². The van der Waals surface area contributed by atoms with Crippen molar-refractivity contribution in [2.45, 2.75) is 26.9 Å². The molecule has 2 rings (SSSR count). The van der Waals surface area contributed by atoms with Crippen molar-refractivity contribution in [3.63, 3.8) is 0 Å². The van der Waals surface area contributed by atoms with Gasteiger partial charge in [0.15, 0.2) is 6.10 Å². The Hall–Kier alpha value is -2.53.